The van der Waals surface area contributed by atoms with Crippen LogP contribution >= 0.6 is 0 Å². The number of nitrogens with zero attached hydrogens (tertiary/aromatic N) is 1. The van der Waals surface area contributed by atoms with E-state index in [9.17, 15) is 14.4 Å². The number of ether oxygens (including phenoxy) is 3. The number of hydrogen-bond acceptors (Lipinski definition) is 7. The van der Waals surface area contributed by atoms with Crippen LogP contribution in [0, 0.1) is 0 Å². The van der Waals surface area contributed by atoms with Crippen molar-refractivity contribution in [3.8, 4) is 0 Å². The van der Waals surface area contributed by atoms with Gasteiger partial charge in [-0.05, 0) is 79.7 Å². The van der Waals surface area contributed by atoms with E-state index < -0.39 is 5.60 Å². The number of carbonyl (C=O) groups is 3. The van der Waals surface area contributed by atoms with E-state index in [1.807, 2.05) is 27.7 Å². The average Bonchev–Trinajstić information content (AvgIpc) is 3.36. The van der Waals surface area contributed by atoms with E-state index in [4.69, 9.17) is 14.2 Å². The molecule has 2 fully saturated rings. The number of carbonyl (C=O) groups excluding carboxylic acids is 3. The van der Waals surface area contributed by atoms with E-state index in [0.717, 1.165) is 25.8 Å². The van der Waals surface area contributed by atoms with Crippen LogP contribution in [0.5, 0.6) is 0 Å². The third-order valence-electron chi connectivity index (χ3n) is 5.16. The molecule has 0 aliphatic carbocycles. The second kappa shape index (κ2) is 14.3. The van der Waals surface area contributed by atoms with E-state index in [2.05, 4.69) is 5.32 Å². The lowest BCUT2D eigenvalue weighted by molar-refractivity contribution is -0.144. The fourth-order valence-electron chi connectivity index (χ4n) is 3.74. The van der Waals surface area contributed by atoms with E-state index in [-0.39, 0.29) is 24.1 Å². The Morgan fingerprint density at radius 1 is 0.935 bits per heavy atom. The maximum atomic E-state index is 12.0. The summed E-state index contributed by atoms with van der Waals surface area (Å²) in [5, 5.41) is 3.35. The second-order valence-electron chi connectivity index (χ2n) is 8.95. The summed E-state index contributed by atoms with van der Waals surface area (Å²) in [7, 11) is 0. The Morgan fingerprint density at radius 2 is 1.55 bits per heavy atom. The molecule has 8 heteroatoms. The maximum absolute atomic E-state index is 12.0. The lowest BCUT2D eigenvalue weighted by Gasteiger charge is -2.28. The smallest absolute Gasteiger partial charge is 0.410 e. The summed E-state index contributed by atoms with van der Waals surface area (Å²) < 4.78 is 15.1. The minimum absolute atomic E-state index is 0.0637. The van der Waals surface area contributed by atoms with Crippen molar-refractivity contribution in [1.82, 2.24) is 10.2 Å². The molecule has 2 unspecified atom stereocenters. The van der Waals surface area contributed by atoms with Crippen LogP contribution in [0.25, 0.3) is 0 Å². The van der Waals surface area contributed by atoms with Crippen molar-refractivity contribution in [3.05, 3.63) is 0 Å². The standard InChI is InChI=1S/C14H25NO4.C9H17NO2/c1-5-18-12(16)9-8-11-7-6-10-15(11)13(17)19-14(2,3)4;1-2-12-9(11)6-5-8-4-3-7-10-8/h11H,5-10H2,1-4H3;8,10H,2-7H2,1H3. The molecule has 2 atom stereocenters. The van der Waals surface area contributed by atoms with Crippen LogP contribution in [-0.4, -0.2) is 66.9 Å². The summed E-state index contributed by atoms with van der Waals surface area (Å²) in [5.74, 6) is -0.260. The van der Waals surface area contributed by atoms with Crippen molar-refractivity contribution in [2.24, 2.45) is 0 Å². The SMILES string of the molecule is CCOC(=O)CCC1CCCN1.CCOC(=O)CCC1CCCN1C(=O)OC(C)(C)C. The predicted octanol–water partition coefficient (Wildman–Crippen LogP) is 3.81. The summed E-state index contributed by atoms with van der Waals surface area (Å²) in [5.41, 5.74) is -0.481. The maximum Gasteiger partial charge on any atom is 0.410 e. The highest BCUT2D eigenvalue weighted by atomic mass is 16.6. The van der Waals surface area contributed by atoms with Gasteiger partial charge < -0.3 is 24.4 Å². The normalized spacial score (nSPS) is 20.6. The lowest BCUT2D eigenvalue weighted by Crippen LogP contribution is -2.40. The Morgan fingerprint density at radius 3 is 2.06 bits per heavy atom. The molecule has 0 radical (unpaired) electrons. The number of hydrogen-bond donors (Lipinski definition) is 1. The molecule has 0 bridgehead atoms. The molecule has 0 aromatic rings. The van der Waals surface area contributed by atoms with E-state index in [1.54, 1.807) is 11.8 Å². The molecule has 1 N–H and O–H groups in total. The Balaban J connectivity index is 0.000000343. The fraction of sp³-hybridized carbons (Fsp3) is 0.870. The van der Waals surface area contributed by atoms with Gasteiger partial charge in [0.25, 0.3) is 0 Å². The molecule has 8 nitrogen and oxygen atoms in total. The van der Waals surface area contributed by atoms with Crippen molar-refractivity contribution in [1.29, 1.82) is 0 Å². The summed E-state index contributed by atoms with van der Waals surface area (Å²) >= 11 is 0. The third kappa shape index (κ3) is 12.0. The minimum Gasteiger partial charge on any atom is -0.466 e. The minimum atomic E-state index is -0.481. The zero-order valence-corrected chi connectivity index (χ0v) is 20.0. The van der Waals surface area contributed by atoms with Gasteiger partial charge >= 0.3 is 18.0 Å². The van der Waals surface area contributed by atoms with Crippen molar-refractivity contribution < 1.29 is 28.6 Å². The lowest BCUT2D eigenvalue weighted by atomic mass is 10.1. The first-order valence-electron chi connectivity index (χ1n) is 11.7. The molecule has 0 aromatic heterocycles. The average molecular weight is 443 g/mol. The molecule has 0 saturated carbocycles. The zero-order valence-electron chi connectivity index (χ0n) is 20.0. The Kier molecular flexibility index (Phi) is 12.5. The van der Waals surface area contributed by atoms with Crippen LogP contribution in [-0.2, 0) is 23.8 Å². The second-order valence-corrected chi connectivity index (χ2v) is 8.95. The van der Waals surface area contributed by atoms with Crippen molar-refractivity contribution in [2.45, 2.75) is 104 Å². The van der Waals surface area contributed by atoms with Gasteiger partial charge in [-0.25, -0.2) is 4.79 Å². The van der Waals surface area contributed by atoms with Gasteiger partial charge in [0, 0.05) is 31.5 Å². The van der Waals surface area contributed by atoms with Gasteiger partial charge in [0.1, 0.15) is 5.60 Å². The van der Waals surface area contributed by atoms with E-state index >= 15 is 0 Å². The van der Waals surface area contributed by atoms with Crippen LogP contribution in [0.4, 0.5) is 4.79 Å². The van der Waals surface area contributed by atoms with E-state index in [1.165, 1.54) is 12.8 Å². The Labute approximate surface area is 187 Å². The first-order valence-corrected chi connectivity index (χ1v) is 11.7. The van der Waals surface area contributed by atoms with Crippen LogP contribution in [0.1, 0.15) is 86.0 Å². The topological polar surface area (TPSA) is 94.2 Å². The molecule has 2 heterocycles. The molecule has 2 saturated heterocycles. The quantitative estimate of drug-likeness (QED) is 0.451. The summed E-state index contributed by atoms with van der Waals surface area (Å²) in [4.78, 5) is 36.1. The van der Waals surface area contributed by atoms with Crippen molar-refractivity contribution in [3.63, 3.8) is 0 Å². The molecular weight excluding hydrogens is 400 g/mol. The largest absolute Gasteiger partial charge is 0.466 e. The number of nitrogens with one attached hydrogen (secondary N) is 1. The van der Waals surface area contributed by atoms with Gasteiger partial charge in [0.15, 0.2) is 0 Å². The van der Waals surface area contributed by atoms with Gasteiger partial charge in [-0.1, -0.05) is 0 Å². The highest BCUT2D eigenvalue weighted by Gasteiger charge is 2.32. The number of esters is 2. The monoisotopic (exact) mass is 442 g/mol. The summed E-state index contributed by atoms with van der Waals surface area (Å²) in [6.07, 6.45) is 6.57. The molecule has 0 spiro atoms. The van der Waals surface area contributed by atoms with Gasteiger partial charge in [0.2, 0.25) is 0 Å². The Bertz CT molecular complexity index is 555. The molecule has 31 heavy (non-hydrogen) atoms. The first-order chi connectivity index (χ1) is 14.7. The highest BCUT2D eigenvalue weighted by molar-refractivity contribution is 5.71. The van der Waals surface area contributed by atoms with E-state index in [0.29, 0.717) is 45.1 Å². The first kappa shape index (κ1) is 27.2. The molecule has 0 aromatic carbocycles. The zero-order chi connectivity index (χ0) is 23.3. The van der Waals surface area contributed by atoms with Gasteiger partial charge in [0.05, 0.1) is 13.2 Å². The molecule has 2 aliphatic rings. The van der Waals surface area contributed by atoms with Gasteiger partial charge in [-0.2, -0.15) is 0 Å². The molecule has 1 amide bonds. The van der Waals surface area contributed by atoms with Crippen LogP contribution in [0.3, 0.4) is 0 Å². The van der Waals surface area contributed by atoms with Gasteiger partial charge in [-0.15, -0.1) is 0 Å². The van der Waals surface area contributed by atoms with Crippen LogP contribution < -0.4 is 5.32 Å². The third-order valence-corrected chi connectivity index (χ3v) is 5.16. The molecule has 180 valence electrons. The number of amides is 1. The van der Waals surface area contributed by atoms with Gasteiger partial charge in [-0.3, -0.25) is 9.59 Å². The predicted molar refractivity (Wildman–Crippen MR) is 119 cm³/mol. The van der Waals surface area contributed by atoms with Crippen molar-refractivity contribution in [2.75, 3.05) is 26.3 Å². The number of likely N-dealkylation sites (tertiary alicyclic amines) is 1. The molecular formula is C23H42N2O6. The summed E-state index contributed by atoms with van der Waals surface area (Å²) in [6.45, 7) is 11.9. The highest BCUT2D eigenvalue weighted by Crippen LogP contribution is 2.24. The van der Waals surface area contributed by atoms with Crippen molar-refractivity contribution >= 4 is 18.0 Å². The van der Waals surface area contributed by atoms with Crippen LogP contribution in [0.2, 0.25) is 0 Å². The fourth-order valence-corrected chi connectivity index (χ4v) is 3.74. The number of rotatable bonds is 8. The molecule has 2 aliphatic heterocycles. The summed E-state index contributed by atoms with van der Waals surface area (Å²) in [6, 6.07) is 0.647. The molecule has 2 rings (SSSR count). The van der Waals surface area contributed by atoms with Crippen LogP contribution in [0.15, 0.2) is 0 Å². The Hall–Kier alpha value is -1.83.